The first-order valence-corrected chi connectivity index (χ1v) is 5.03. The second kappa shape index (κ2) is 5.23. The summed E-state index contributed by atoms with van der Waals surface area (Å²) in [7, 11) is 0. The maximum absolute atomic E-state index is 11.9. The van der Waals surface area contributed by atoms with Crippen molar-refractivity contribution in [3.05, 3.63) is 42.0 Å². The van der Waals surface area contributed by atoms with Crippen molar-refractivity contribution >= 4 is 0 Å². The summed E-state index contributed by atoms with van der Waals surface area (Å²) < 4.78 is 39.5. The van der Waals surface area contributed by atoms with E-state index in [0.717, 1.165) is 11.1 Å². The van der Waals surface area contributed by atoms with Crippen LogP contribution in [0, 0.1) is 0 Å². The molecule has 0 aliphatic rings. The first kappa shape index (κ1) is 13.6. The second-order valence-corrected chi connectivity index (χ2v) is 3.88. The number of hydrogen-bond donors (Lipinski definition) is 1. The number of benzene rings is 1. The fourth-order valence-corrected chi connectivity index (χ4v) is 1.41. The number of rotatable bonds is 4. The van der Waals surface area contributed by atoms with Gasteiger partial charge in [0.2, 0.25) is 0 Å². The third-order valence-electron chi connectivity index (χ3n) is 2.11. The standard InChI is InChI=1S/C12H14F3NO/c1-8(2)7-11(16)9-3-5-10(6-4-9)17-12(13,14)15/h3-6,11H,1,7,16H2,2H3/t11-/m1/s1. The predicted octanol–water partition coefficient (Wildman–Crippen LogP) is 3.55. The number of nitrogens with two attached hydrogens (primary N) is 1. The zero-order chi connectivity index (χ0) is 13.1. The van der Waals surface area contributed by atoms with Gasteiger partial charge in [-0.3, -0.25) is 0 Å². The molecule has 1 rings (SSSR count). The van der Waals surface area contributed by atoms with Crippen LogP contribution in [0.3, 0.4) is 0 Å². The molecule has 94 valence electrons. The molecule has 0 fully saturated rings. The average Bonchev–Trinajstić information content (AvgIpc) is 2.15. The minimum atomic E-state index is -4.67. The molecular formula is C12H14F3NO. The van der Waals surface area contributed by atoms with Gasteiger partial charge in [0.25, 0.3) is 0 Å². The van der Waals surface area contributed by atoms with E-state index in [2.05, 4.69) is 11.3 Å². The van der Waals surface area contributed by atoms with Gasteiger partial charge >= 0.3 is 6.36 Å². The van der Waals surface area contributed by atoms with E-state index >= 15 is 0 Å². The molecule has 0 unspecified atom stereocenters. The fourth-order valence-electron chi connectivity index (χ4n) is 1.41. The predicted molar refractivity (Wildman–Crippen MR) is 59.5 cm³/mol. The normalized spacial score (nSPS) is 13.2. The Morgan fingerprint density at radius 1 is 1.35 bits per heavy atom. The van der Waals surface area contributed by atoms with E-state index in [0.29, 0.717) is 6.42 Å². The van der Waals surface area contributed by atoms with Gasteiger partial charge in [-0.25, -0.2) is 0 Å². The van der Waals surface area contributed by atoms with Gasteiger partial charge in [-0.1, -0.05) is 17.7 Å². The van der Waals surface area contributed by atoms with Crippen LogP contribution in [0.15, 0.2) is 36.4 Å². The van der Waals surface area contributed by atoms with E-state index in [9.17, 15) is 13.2 Å². The first-order chi connectivity index (χ1) is 7.78. The highest BCUT2D eigenvalue weighted by molar-refractivity contribution is 5.29. The third-order valence-corrected chi connectivity index (χ3v) is 2.11. The van der Waals surface area contributed by atoms with Crippen LogP contribution in [0.5, 0.6) is 5.75 Å². The zero-order valence-electron chi connectivity index (χ0n) is 9.42. The second-order valence-electron chi connectivity index (χ2n) is 3.88. The van der Waals surface area contributed by atoms with Crippen LogP contribution < -0.4 is 10.5 Å². The third kappa shape index (κ3) is 4.91. The lowest BCUT2D eigenvalue weighted by molar-refractivity contribution is -0.274. The molecule has 1 aromatic carbocycles. The molecule has 5 heteroatoms. The molecule has 1 atom stereocenters. The van der Waals surface area contributed by atoms with Crippen molar-refractivity contribution in [2.45, 2.75) is 25.7 Å². The highest BCUT2D eigenvalue weighted by atomic mass is 19.4. The van der Waals surface area contributed by atoms with Gasteiger partial charge in [-0.2, -0.15) is 0 Å². The van der Waals surface area contributed by atoms with Crippen LogP contribution in [-0.4, -0.2) is 6.36 Å². The number of alkyl halides is 3. The lowest BCUT2D eigenvalue weighted by atomic mass is 10.0. The van der Waals surface area contributed by atoms with Crippen LogP contribution in [0.2, 0.25) is 0 Å². The van der Waals surface area contributed by atoms with Crippen molar-refractivity contribution in [1.29, 1.82) is 0 Å². The van der Waals surface area contributed by atoms with Crippen molar-refractivity contribution < 1.29 is 17.9 Å². The highest BCUT2D eigenvalue weighted by Crippen LogP contribution is 2.25. The Bertz CT molecular complexity index is 384. The van der Waals surface area contributed by atoms with Crippen LogP contribution in [0.1, 0.15) is 24.9 Å². The molecule has 0 spiro atoms. The van der Waals surface area contributed by atoms with Gasteiger partial charge < -0.3 is 10.5 Å². The SMILES string of the molecule is C=C(C)C[C@@H](N)c1ccc(OC(F)(F)F)cc1. The van der Waals surface area contributed by atoms with Gasteiger partial charge in [0.1, 0.15) is 5.75 Å². The first-order valence-electron chi connectivity index (χ1n) is 5.03. The Hall–Kier alpha value is -1.49. The molecule has 2 nitrogen and oxygen atoms in total. The van der Waals surface area contributed by atoms with Crippen molar-refractivity contribution in [1.82, 2.24) is 0 Å². The summed E-state index contributed by atoms with van der Waals surface area (Å²) in [6.07, 6.45) is -4.07. The van der Waals surface area contributed by atoms with Crippen LogP contribution in [-0.2, 0) is 0 Å². The Balaban J connectivity index is 2.71. The smallest absolute Gasteiger partial charge is 0.406 e. The van der Waals surface area contributed by atoms with E-state index in [-0.39, 0.29) is 11.8 Å². The van der Waals surface area contributed by atoms with E-state index in [1.165, 1.54) is 24.3 Å². The molecule has 0 radical (unpaired) electrons. The molecule has 0 aliphatic carbocycles. The summed E-state index contributed by atoms with van der Waals surface area (Å²) in [5.41, 5.74) is 7.53. The quantitative estimate of drug-likeness (QED) is 0.823. The number of halogens is 3. The monoisotopic (exact) mass is 245 g/mol. The Labute approximate surface area is 97.9 Å². The summed E-state index contributed by atoms with van der Waals surface area (Å²) in [4.78, 5) is 0. The van der Waals surface area contributed by atoms with Crippen molar-refractivity contribution in [2.75, 3.05) is 0 Å². The molecule has 0 bridgehead atoms. The van der Waals surface area contributed by atoms with E-state index < -0.39 is 6.36 Å². The largest absolute Gasteiger partial charge is 0.573 e. The van der Waals surface area contributed by atoms with Gasteiger partial charge in [0, 0.05) is 6.04 Å². The fraction of sp³-hybridized carbons (Fsp3) is 0.333. The molecular weight excluding hydrogens is 231 g/mol. The lowest BCUT2D eigenvalue weighted by Crippen LogP contribution is -2.17. The summed E-state index contributed by atoms with van der Waals surface area (Å²) in [5.74, 6) is -0.247. The van der Waals surface area contributed by atoms with Crippen LogP contribution >= 0.6 is 0 Å². The Kier molecular flexibility index (Phi) is 4.17. The Morgan fingerprint density at radius 3 is 2.29 bits per heavy atom. The molecule has 1 aromatic rings. The maximum atomic E-state index is 11.9. The molecule has 2 N–H and O–H groups in total. The van der Waals surface area contributed by atoms with Crippen LogP contribution in [0.4, 0.5) is 13.2 Å². The lowest BCUT2D eigenvalue weighted by Gasteiger charge is -2.13. The molecule has 0 aromatic heterocycles. The summed E-state index contributed by atoms with van der Waals surface area (Å²) in [6, 6.07) is 5.29. The van der Waals surface area contributed by atoms with Gasteiger partial charge in [0.05, 0.1) is 0 Å². The van der Waals surface area contributed by atoms with Crippen molar-refractivity contribution in [3.63, 3.8) is 0 Å². The van der Waals surface area contributed by atoms with Gasteiger partial charge in [0.15, 0.2) is 0 Å². The topological polar surface area (TPSA) is 35.2 Å². The molecule has 0 amide bonds. The Morgan fingerprint density at radius 2 is 1.88 bits per heavy atom. The number of hydrogen-bond acceptors (Lipinski definition) is 2. The van der Waals surface area contributed by atoms with Crippen molar-refractivity contribution in [2.24, 2.45) is 5.73 Å². The molecule has 0 aliphatic heterocycles. The molecule has 0 heterocycles. The minimum Gasteiger partial charge on any atom is -0.406 e. The highest BCUT2D eigenvalue weighted by Gasteiger charge is 2.30. The zero-order valence-corrected chi connectivity index (χ0v) is 9.42. The van der Waals surface area contributed by atoms with E-state index in [4.69, 9.17) is 5.73 Å². The summed E-state index contributed by atoms with van der Waals surface area (Å²) in [6.45, 7) is 5.58. The maximum Gasteiger partial charge on any atom is 0.573 e. The van der Waals surface area contributed by atoms with E-state index in [1.807, 2.05) is 6.92 Å². The van der Waals surface area contributed by atoms with Crippen LogP contribution in [0.25, 0.3) is 0 Å². The number of ether oxygens (including phenoxy) is 1. The summed E-state index contributed by atoms with van der Waals surface area (Å²) in [5, 5.41) is 0. The molecule has 0 saturated heterocycles. The minimum absolute atomic E-state index is 0.247. The summed E-state index contributed by atoms with van der Waals surface area (Å²) >= 11 is 0. The van der Waals surface area contributed by atoms with Crippen molar-refractivity contribution in [3.8, 4) is 5.75 Å². The average molecular weight is 245 g/mol. The molecule has 0 saturated carbocycles. The molecule has 17 heavy (non-hydrogen) atoms. The van der Waals surface area contributed by atoms with Gasteiger partial charge in [-0.05, 0) is 31.0 Å². The van der Waals surface area contributed by atoms with E-state index in [1.54, 1.807) is 0 Å². The van der Waals surface area contributed by atoms with Gasteiger partial charge in [-0.15, -0.1) is 19.8 Å².